The molecule has 0 saturated carbocycles. The average molecular weight is 525 g/mol. The molecule has 0 bridgehead atoms. The Morgan fingerprint density at radius 1 is 0.935 bits per heavy atom. The summed E-state index contributed by atoms with van der Waals surface area (Å²) < 4.78 is 1.59. The topological polar surface area (TPSA) is 20.3 Å². The first-order chi connectivity index (χ1) is 15.1. The molecule has 1 heterocycles. The molecule has 1 aliphatic rings. The molecule has 0 aliphatic carbocycles. The SMILES string of the molecule is Cc1cccc(C(=O)I(C)CC2CN(CCC(c3ccccc3)c3ccccc3)C2)c1. The van der Waals surface area contributed by atoms with Crippen molar-refractivity contribution in [3.63, 3.8) is 0 Å². The minimum atomic E-state index is -1.59. The molecule has 31 heavy (non-hydrogen) atoms. The van der Waals surface area contributed by atoms with Gasteiger partial charge in [-0.25, -0.2) is 0 Å². The van der Waals surface area contributed by atoms with E-state index < -0.39 is 19.8 Å². The van der Waals surface area contributed by atoms with Gasteiger partial charge in [0, 0.05) is 0 Å². The monoisotopic (exact) mass is 525 g/mol. The first-order valence-corrected chi connectivity index (χ1v) is 15.9. The third kappa shape index (κ3) is 5.83. The maximum atomic E-state index is 12.8. The van der Waals surface area contributed by atoms with Gasteiger partial charge in [-0.3, -0.25) is 0 Å². The third-order valence-electron chi connectivity index (χ3n) is 6.16. The number of nitrogens with zero attached hydrogens (tertiary/aromatic N) is 1. The van der Waals surface area contributed by atoms with Crippen molar-refractivity contribution in [3.8, 4) is 0 Å². The van der Waals surface area contributed by atoms with E-state index in [1.165, 1.54) is 16.7 Å². The standard InChI is InChI=1S/C28H32INO/c1-22-10-9-15-26(18-22)28(31)29(2)19-23-20-30(21-23)17-16-27(24-11-5-3-6-12-24)25-13-7-4-8-14-25/h3-15,18,23,27H,16-17,19-21H2,1-2H3. The Hall–Kier alpha value is -1.98. The van der Waals surface area contributed by atoms with Gasteiger partial charge in [0.25, 0.3) is 0 Å². The van der Waals surface area contributed by atoms with Gasteiger partial charge in [0.1, 0.15) is 0 Å². The summed E-state index contributed by atoms with van der Waals surface area (Å²) in [5.41, 5.74) is 4.90. The molecule has 162 valence electrons. The number of benzene rings is 3. The first kappa shape index (κ1) is 22.2. The van der Waals surface area contributed by atoms with Crippen molar-refractivity contribution in [2.24, 2.45) is 5.92 Å². The Morgan fingerprint density at radius 3 is 2.13 bits per heavy atom. The zero-order valence-electron chi connectivity index (χ0n) is 18.5. The van der Waals surface area contributed by atoms with E-state index in [4.69, 9.17) is 0 Å². The van der Waals surface area contributed by atoms with Gasteiger partial charge in [0.05, 0.1) is 0 Å². The second-order valence-electron chi connectivity index (χ2n) is 8.68. The van der Waals surface area contributed by atoms with Crippen LogP contribution in [-0.4, -0.2) is 37.7 Å². The fraction of sp³-hybridized carbons (Fsp3) is 0.321. The molecule has 0 N–H and O–H groups in total. The van der Waals surface area contributed by atoms with Crippen LogP contribution in [0.5, 0.6) is 0 Å². The van der Waals surface area contributed by atoms with Gasteiger partial charge in [-0.1, -0.05) is 0 Å². The van der Waals surface area contributed by atoms with Gasteiger partial charge < -0.3 is 0 Å². The Bertz CT molecular complexity index is 943. The van der Waals surface area contributed by atoms with Crippen LogP contribution in [-0.2, 0) is 0 Å². The fourth-order valence-electron chi connectivity index (χ4n) is 4.52. The minimum absolute atomic E-state index is 0.443. The van der Waals surface area contributed by atoms with Crippen molar-refractivity contribution in [3.05, 3.63) is 107 Å². The normalized spacial score (nSPS) is 15.0. The summed E-state index contributed by atoms with van der Waals surface area (Å²) in [7, 11) is 0. The van der Waals surface area contributed by atoms with Crippen LogP contribution < -0.4 is 0 Å². The summed E-state index contributed by atoms with van der Waals surface area (Å²) in [6.07, 6.45) is 1.14. The number of carbonyl (C=O) groups is 1. The van der Waals surface area contributed by atoms with Crippen molar-refractivity contribution in [2.45, 2.75) is 19.3 Å². The van der Waals surface area contributed by atoms with Gasteiger partial charge in [0.2, 0.25) is 0 Å². The van der Waals surface area contributed by atoms with E-state index in [9.17, 15) is 4.79 Å². The molecule has 1 fully saturated rings. The van der Waals surface area contributed by atoms with E-state index >= 15 is 0 Å². The van der Waals surface area contributed by atoms with Crippen LogP contribution in [0.1, 0.15) is 39.4 Å². The van der Waals surface area contributed by atoms with Crippen LogP contribution in [0.3, 0.4) is 0 Å². The van der Waals surface area contributed by atoms with Crippen LogP contribution in [0.15, 0.2) is 84.9 Å². The molecule has 1 saturated heterocycles. The Morgan fingerprint density at radius 2 is 1.55 bits per heavy atom. The number of aryl methyl sites for hydroxylation is 1. The molecular weight excluding hydrogens is 493 g/mol. The summed E-state index contributed by atoms with van der Waals surface area (Å²) in [5, 5.41) is 0. The molecule has 0 atom stereocenters. The number of hydrogen-bond acceptors (Lipinski definition) is 2. The molecule has 3 heteroatoms. The molecule has 0 aromatic heterocycles. The quantitative estimate of drug-likeness (QED) is 0.183. The fourth-order valence-corrected chi connectivity index (χ4v) is 8.74. The summed E-state index contributed by atoms with van der Waals surface area (Å²) in [4.78, 5) is 17.7. The second kappa shape index (κ2) is 10.6. The predicted octanol–water partition coefficient (Wildman–Crippen LogP) is 6.43. The van der Waals surface area contributed by atoms with E-state index in [1.807, 2.05) is 12.1 Å². The van der Waals surface area contributed by atoms with Crippen LogP contribution >= 0.6 is 19.8 Å². The van der Waals surface area contributed by atoms with Crippen molar-refractivity contribution in [1.29, 1.82) is 0 Å². The average Bonchev–Trinajstić information content (AvgIpc) is 2.78. The van der Waals surface area contributed by atoms with Crippen molar-refractivity contribution in [1.82, 2.24) is 4.90 Å². The summed E-state index contributed by atoms with van der Waals surface area (Å²) in [6.45, 7) is 5.49. The molecule has 3 aromatic carbocycles. The van der Waals surface area contributed by atoms with Gasteiger partial charge in [0.15, 0.2) is 0 Å². The molecule has 0 unspecified atom stereocenters. The molecule has 1 aliphatic heterocycles. The van der Waals surface area contributed by atoms with Crippen LogP contribution in [0.2, 0.25) is 0 Å². The summed E-state index contributed by atoms with van der Waals surface area (Å²) in [5.74, 6) is 1.15. The zero-order chi connectivity index (χ0) is 21.6. The summed E-state index contributed by atoms with van der Waals surface area (Å²) >= 11 is -1.59. The molecule has 0 amide bonds. The predicted molar refractivity (Wildman–Crippen MR) is 140 cm³/mol. The van der Waals surface area contributed by atoms with Gasteiger partial charge in [-0.15, -0.1) is 0 Å². The van der Waals surface area contributed by atoms with Crippen LogP contribution in [0.4, 0.5) is 0 Å². The van der Waals surface area contributed by atoms with Gasteiger partial charge in [-0.05, 0) is 0 Å². The molecule has 4 rings (SSSR count). The molecule has 0 radical (unpaired) electrons. The molecular formula is C28H32INO. The second-order valence-corrected chi connectivity index (χ2v) is 13.9. The van der Waals surface area contributed by atoms with E-state index in [0.29, 0.717) is 15.6 Å². The number of halogens is 1. The molecule has 3 aromatic rings. The van der Waals surface area contributed by atoms with Crippen molar-refractivity contribution in [2.75, 3.05) is 29.0 Å². The zero-order valence-corrected chi connectivity index (χ0v) is 20.7. The number of likely N-dealkylation sites (tertiary alicyclic amines) is 1. The molecule has 0 spiro atoms. The van der Waals surface area contributed by atoms with Gasteiger partial charge in [-0.2, -0.15) is 0 Å². The Labute approximate surface area is 194 Å². The maximum absolute atomic E-state index is 12.8. The number of rotatable bonds is 9. The first-order valence-electron chi connectivity index (χ1n) is 11.1. The van der Waals surface area contributed by atoms with Gasteiger partial charge >= 0.3 is 195 Å². The third-order valence-corrected chi connectivity index (χ3v) is 11.0. The van der Waals surface area contributed by atoms with Crippen molar-refractivity contribution >= 4 is 23.6 Å². The number of alkyl halides is 2. The van der Waals surface area contributed by atoms with E-state index in [1.54, 1.807) is 0 Å². The van der Waals surface area contributed by atoms with E-state index in [0.717, 1.165) is 36.0 Å². The van der Waals surface area contributed by atoms with Crippen LogP contribution in [0.25, 0.3) is 0 Å². The Kier molecular flexibility index (Phi) is 7.57. The number of hydrogen-bond donors (Lipinski definition) is 0. The van der Waals surface area contributed by atoms with E-state index in [-0.39, 0.29) is 0 Å². The summed E-state index contributed by atoms with van der Waals surface area (Å²) in [6, 6.07) is 29.9. The number of carbonyl (C=O) groups excluding carboxylic acids is 1. The van der Waals surface area contributed by atoms with E-state index in [2.05, 4.69) is 89.6 Å². The Balaban J connectivity index is 1.28. The van der Waals surface area contributed by atoms with Crippen molar-refractivity contribution < 1.29 is 4.79 Å². The molecule has 2 nitrogen and oxygen atoms in total. The van der Waals surface area contributed by atoms with Crippen LogP contribution in [0, 0.1) is 12.8 Å².